The van der Waals surface area contributed by atoms with Crippen LogP contribution >= 0.6 is 46.4 Å². The molecule has 0 fully saturated rings. The third-order valence-electron chi connectivity index (χ3n) is 4.39. The quantitative estimate of drug-likeness (QED) is 0.311. The summed E-state index contributed by atoms with van der Waals surface area (Å²) in [6, 6.07) is 11.9. The average molecular weight is 494 g/mol. The van der Waals surface area contributed by atoms with E-state index in [9.17, 15) is 23.2 Å². The van der Waals surface area contributed by atoms with Crippen molar-refractivity contribution in [3.8, 4) is 11.5 Å². The zero-order chi connectivity index (χ0) is 21.6. The normalized spacial score (nSPS) is 13.8. The van der Waals surface area contributed by atoms with Crippen LogP contribution in [0.25, 0.3) is 0 Å². The molecule has 0 aliphatic carbocycles. The topological polar surface area (TPSA) is 94.8 Å². The molecule has 3 aromatic rings. The van der Waals surface area contributed by atoms with Gasteiger partial charge in [-0.25, -0.2) is 0 Å². The first-order valence-electron chi connectivity index (χ1n) is 7.89. The number of phenolic OH excluding ortho intramolecular Hbond substituents is 2. The van der Waals surface area contributed by atoms with E-state index in [1.165, 1.54) is 36.4 Å². The van der Waals surface area contributed by atoms with E-state index in [-0.39, 0.29) is 31.8 Å². The second-order valence-corrected chi connectivity index (χ2v) is 9.28. The summed E-state index contributed by atoms with van der Waals surface area (Å²) in [6.07, 6.45) is 0. The summed E-state index contributed by atoms with van der Waals surface area (Å²) in [5.41, 5.74) is -0.463. The Labute approximate surface area is 186 Å². The van der Waals surface area contributed by atoms with Crippen molar-refractivity contribution >= 4 is 56.5 Å². The Bertz CT molecular complexity index is 1190. The molecule has 0 aliphatic rings. The number of rotatable bonds is 4. The Morgan fingerprint density at radius 3 is 1.86 bits per heavy atom. The first kappa shape index (κ1) is 22.0. The van der Waals surface area contributed by atoms with E-state index < -0.39 is 31.4 Å². The van der Waals surface area contributed by atoms with Gasteiger partial charge in [-0.1, -0.05) is 64.6 Å². The molecule has 0 saturated carbocycles. The summed E-state index contributed by atoms with van der Waals surface area (Å²) in [7, 11) is -5.09. The van der Waals surface area contributed by atoms with Gasteiger partial charge in [-0.15, -0.1) is 0 Å². The van der Waals surface area contributed by atoms with Gasteiger partial charge in [-0.05, 0) is 42.0 Å². The minimum absolute atomic E-state index is 0.0184. The Morgan fingerprint density at radius 2 is 1.31 bits per heavy atom. The molecule has 0 radical (unpaired) electrons. The Hall–Kier alpha value is -1.67. The lowest BCUT2D eigenvalue weighted by Gasteiger charge is -2.34. The maximum atomic E-state index is 13.0. The van der Waals surface area contributed by atoms with E-state index in [1.54, 1.807) is 6.07 Å². The molecule has 0 heterocycles. The molecule has 0 aliphatic heterocycles. The van der Waals surface area contributed by atoms with Gasteiger partial charge in [-0.3, -0.25) is 4.55 Å². The molecule has 0 amide bonds. The van der Waals surface area contributed by atoms with E-state index in [1.807, 2.05) is 0 Å². The van der Waals surface area contributed by atoms with Gasteiger partial charge in [0.1, 0.15) is 16.5 Å². The third-order valence-corrected chi connectivity index (χ3v) is 7.12. The molecule has 10 heteroatoms. The van der Waals surface area contributed by atoms with Gasteiger partial charge in [0.15, 0.2) is 4.75 Å². The van der Waals surface area contributed by atoms with E-state index >= 15 is 0 Å². The van der Waals surface area contributed by atoms with Crippen molar-refractivity contribution in [2.45, 2.75) is 4.75 Å². The van der Waals surface area contributed by atoms with Gasteiger partial charge in [0.25, 0.3) is 10.1 Å². The molecule has 0 aromatic heterocycles. The average Bonchev–Trinajstić information content (AvgIpc) is 2.63. The number of hydrogen-bond acceptors (Lipinski definition) is 4. The smallest absolute Gasteiger partial charge is 0.283 e. The van der Waals surface area contributed by atoms with E-state index in [4.69, 9.17) is 46.4 Å². The SMILES string of the molecule is O=S(=O)(O)C(c1cc(O)c(Cl)c(O)c1)(c1ccccc1Cl)c1cc(Cl)ccc1Cl. The highest BCUT2D eigenvalue weighted by Gasteiger charge is 2.51. The van der Waals surface area contributed by atoms with Crippen LogP contribution in [0.5, 0.6) is 11.5 Å². The molecule has 0 bridgehead atoms. The first-order valence-corrected chi connectivity index (χ1v) is 10.8. The van der Waals surface area contributed by atoms with Crippen LogP contribution in [0.1, 0.15) is 16.7 Å². The minimum atomic E-state index is -5.09. The molecule has 0 spiro atoms. The summed E-state index contributed by atoms with van der Waals surface area (Å²) in [6.45, 7) is 0. The van der Waals surface area contributed by atoms with Crippen molar-refractivity contribution in [2.75, 3.05) is 0 Å². The molecule has 152 valence electrons. The van der Waals surface area contributed by atoms with Gasteiger partial charge >= 0.3 is 0 Å². The zero-order valence-electron chi connectivity index (χ0n) is 14.3. The van der Waals surface area contributed by atoms with Crippen molar-refractivity contribution in [3.05, 3.63) is 91.4 Å². The lowest BCUT2D eigenvalue weighted by atomic mass is 9.83. The number of benzene rings is 3. The van der Waals surface area contributed by atoms with Gasteiger partial charge in [-0.2, -0.15) is 8.42 Å². The number of aromatic hydroxyl groups is 2. The van der Waals surface area contributed by atoms with Crippen LogP contribution in [0.15, 0.2) is 54.6 Å². The first-order chi connectivity index (χ1) is 13.5. The van der Waals surface area contributed by atoms with E-state index in [0.29, 0.717) is 0 Å². The van der Waals surface area contributed by atoms with Crippen molar-refractivity contribution in [1.82, 2.24) is 0 Å². The largest absolute Gasteiger partial charge is 0.506 e. The summed E-state index contributed by atoms with van der Waals surface area (Å²) in [4.78, 5) is 0. The molecule has 1 unspecified atom stereocenters. The Balaban J connectivity index is 2.63. The van der Waals surface area contributed by atoms with Crippen molar-refractivity contribution < 1.29 is 23.2 Å². The van der Waals surface area contributed by atoms with Crippen LogP contribution in [0.3, 0.4) is 0 Å². The molecule has 3 N–H and O–H groups in total. The van der Waals surface area contributed by atoms with Crippen LogP contribution in [-0.2, 0) is 14.9 Å². The second kappa shape index (κ2) is 7.87. The summed E-state index contributed by atoms with van der Waals surface area (Å²) < 4.78 is 34.0. The zero-order valence-corrected chi connectivity index (χ0v) is 18.1. The highest BCUT2D eigenvalue weighted by Crippen LogP contribution is 2.51. The van der Waals surface area contributed by atoms with Gasteiger partial charge in [0.05, 0.1) is 0 Å². The predicted molar refractivity (Wildman–Crippen MR) is 114 cm³/mol. The Kier molecular flexibility index (Phi) is 5.98. The fourth-order valence-corrected chi connectivity index (χ4v) is 5.44. The van der Waals surface area contributed by atoms with Gasteiger partial charge in [0, 0.05) is 26.2 Å². The summed E-state index contributed by atoms with van der Waals surface area (Å²) in [5.74, 6) is -1.22. The van der Waals surface area contributed by atoms with Gasteiger partial charge < -0.3 is 10.2 Å². The maximum Gasteiger partial charge on any atom is 0.283 e. The molecule has 1 atom stereocenters. The second-order valence-electron chi connectivity index (χ2n) is 6.09. The van der Waals surface area contributed by atoms with Crippen molar-refractivity contribution in [3.63, 3.8) is 0 Å². The number of phenols is 2. The van der Waals surface area contributed by atoms with E-state index in [2.05, 4.69) is 0 Å². The molecule has 29 heavy (non-hydrogen) atoms. The molecular formula is C19H12Cl4O5S. The highest BCUT2D eigenvalue weighted by molar-refractivity contribution is 7.87. The molecule has 0 saturated heterocycles. The van der Waals surface area contributed by atoms with Crippen molar-refractivity contribution in [1.29, 1.82) is 0 Å². The fraction of sp³-hybridized carbons (Fsp3) is 0.0526. The minimum Gasteiger partial charge on any atom is -0.506 e. The number of halogens is 4. The fourth-order valence-electron chi connectivity index (χ4n) is 3.19. The monoisotopic (exact) mass is 492 g/mol. The summed E-state index contributed by atoms with van der Waals surface area (Å²) in [5, 5.41) is 19.9. The van der Waals surface area contributed by atoms with Crippen LogP contribution in [0, 0.1) is 0 Å². The third kappa shape index (κ3) is 3.65. The maximum absolute atomic E-state index is 13.0. The lowest BCUT2D eigenvalue weighted by molar-refractivity contribution is 0.444. The van der Waals surface area contributed by atoms with E-state index in [0.717, 1.165) is 12.1 Å². The van der Waals surface area contributed by atoms with Gasteiger partial charge in [0.2, 0.25) is 0 Å². The van der Waals surface area contributed by atoms with Crippen LogP contribution in [0.4, 0.5) is 0 Å². The van der Waals surface area contributed by atoms with Crippen molar-refractivity contribution in [2.24, 2.45) is 0 Å². The highest BCUT2D eigenvalue weighted by atomic mass is 35.5. The van der Waals surface area contributed by atoms with Crippen LogP contribution in [0.2, 0.25) is 20.1 Å². The standard InChI is InChI=1S/C19H12Cl4O5S/c20-11-5-6-15(22)13(9-11)19(29(26,27)28,12-3-1-2-4-14(12)21)10-7-16(24)18(23)17(25)8-10/h1-9,24-25H,(H,26,27,28). The molecule has 3 rings (SSSR count). The molecular weight excluding hydrogens is 482 g/mol. The lowest BCUT2D eigenvalue weighted by Crippen LogP contribution is -2.38. The van der Waals surface area contributed by atoms with Crippen LogP contribution < -0.4 is 0 Å². The Morgan fingerprint density at radius 1 is 0.759 bits per heavy atom. The molecule has 3 aromatic carbocycles. The number of hydrogen-bond donors (Lipinski definition) is 3. The van der Waals surface area contributed by atoms with Crippen LogP contribution in [-0.4, -0.2) is 23.2 Å². The summed E-state index contributed by atoms with van der Waals surface area (Å²) >= 11 is 24.5. The predicted octanol–water partition coefficient (Wildman–Crippen LogP) is 5.89. The molecule has 5 nitrogen and oxygen atoms in total.